The molecule has 0 unspecified atom stereocenters. The summed E-state index contributed by atoms with van der Waals surface area (Å²) in [6, 6.07) is 0. The second-order valence-electron chi connectivity index (χ2n) is 2.58. The fourth-order valence-electron chi connectivity index (χ4n) is 0.582. The quantitative estimate of drug-likeness (QED) is 0.520. The average molecular weight is 247 g/mol. The molecule has 0 atom stereocenters. The number of amides is 1. The van der Waals surface area contributed by atoms with Crippen LogP contribution in [0.3, 0.4) is 0 Å². The topological polar surface area (TPSA) is 138 Å². The largest absolute Gasteiger partial charge is 0.321 e. The first kappa shape index (κ1) is 13.3. The maximum atomic E-state index is 10.6. The summed E-state index contributed by atoms with van der Waals surface area (Å²) in [5.74, 6) is -1.04. The summed E-state index contributed by atoms with van der Waals surface area (Å²) in [6.07, 6.45) is 0. The van der Waals surface area contributed by atoms with E-state index < -0.39 is 30.3 Å². The van der Waals surface area contributed by atoms with Gasteiger partial charge in [-0.15, -0.1) is 0 Å². The second kappa shape index (κ2) is 3.46. The van der Waals surface area contributed by atoms with Crippen LogP contribution < -0.4 is 5.32 Å². The summed E-state index contributed by atoms with van der Waals surface area (Å²) in [5, 5.41) is 1.42. The van der Waals surface area contributed by atoms with Crippen molar-refractivity contribution in [1.82, 2.24) is 5.32 Å². The highest BCUT2D eigenvalue weighted by Gasteiger charge is 2.51. The standard InChI is InChI=1S/C4H9NO7S2/c1-3(6)5-4(2,13(7,8)9)14(10,11)12/h1-2H3,(H,5,6)(H,7,8,9)(H,10,11,12). The van der Waals surface area contributed by atoms with Crippen molar-refractivity contribution in [2.24, 2.45) is 0 Å². The van der Waals surface area contributed by atoms with Gasteiger partial charge in [0.2, 0.25) is 5.91 Å². The fraction of sp³-hybridized carbons (Fsp3) is 0.750. The van der Waals surface area contributed by atoms with Gasteiger partial charge < -0.3 is 5.32 Å². The van der Waals surface area contributed by atoms with Crippen molar-refractivity contribution in [3.05, 3.63) is 0 Å². The third kappa shape index (κ3) is 2.41. The zero-order valence-electron chi connectivity index (χ0n) is 7.25. The van der Waals surface area contributed by atoms with Gasteiger partial charge in [-0.05, 0) is 6.92 Å². The van der Waals surface area contributed by atoms with Crippen LogP contribution in [-0.4, -0.2) is 36.1 Å². The lowest BCUT2D eigenvalue weighted by atomic mass is 10.6. The van der Waals surface area contributed by atoms with E-state index in [0.717, 1.165) is 6.92 Å². The van der Waals surface area contributed by atoms with E-state index in [1.54, 1.807) is 0 Å². The summed E-state index contributed by atoms with van der Waals surface area (Å²) in [6.45, 7) is 1.27. The minimum absolute atomic E-state index is 0.444. The number of nitrogens with one attached hydrogen (secondary N) is 1. The summed E-state index contributed by atoms with van der Waals surface area (Å²) >= 11 is 0. The van der Waals surface area contributed by atoms with Gasteiger partial charge in [0.15, 0.2) is 0 Å². The third-order valence-corrected chi connectivity index (χ3v) is 4.82. The highest BCUT2D eigenvalue weighted by atomic mass is 32.3. The molecule has 0 spiro atoms. The molecule has 0 aromatic carbocycles. The first-order chi connectivity index (χ1) is 5.92. The Morgan fingerprint density at radius 1 is 1.14 bits per heavy atom. The Morgan fingerprint density at radius 2 is 1.43 bits per heavy atom. The lowest BCUT2D eigenvalue weighted by molar-refractivity contribution is -0.119. The number of carbonyl (C=O) groups excluding carboxylic acids is 1. The van der Waals surface area contributed by atoms with Crippen molar-refractivity contribution < 1.29 is 30.7 Å². The van der Waals surface area contributed by atoms with Crippen LogP contribution in [0.2, 0.25) is 0 Å². The maximum Gasteiger partial charge on any atom is 0.306 e. The Hall–Kier alpha value is -0.710. The molecule has 8 nitrogen and oxygen atoms in total. The van der Waals surface area contributed by atoms with Crippen molar-refractivity contribution in [3.8, 4) is 0 Å². The Labute approximate surface area is 80.8 Å². The number of hydrogen-bond acceptors (Lipinski definition) is 5. The smallest absolute Gasteiger partial charge is 0.306 e. The molecule has 0 saturated heterocycles. The summed E-state index contributed by atoms with van der Waals surface area (Å²) in [7, 11) is -10.4. The first-order valence-electron chi connectivity index (χ1n) is 3.14. The molecule has 0 heterocycles. The highest BCUT2D eigenvalue weighted by molar-refractivity contribution is 8.05. The van der Waals surface area contributed by atoms with Crippen molar-refractivity contribution >= 4 is 26.1 Å². The first-order valence-corrected chi connectivity index (χ1v) is 6.02. The van der Waals surface area contributed by atoms with E-state index in [2.05, 4.69) is 0 Å². The van der Waals surface area contributed by atoms with Gasteiger partial charge >= 0.3 is 20.2 Å². The average Bonchev–Trinajstić information content (AvgIpc) is 1.79. The van der Waals surface area contributed by atoms with Crippen LogP contribution in [-0.2, 0) is 25.0 Å². The van der Waals surface area contributed by atoms with Crippen molar-refractivity contribution in [3.63, 3.8) is 0 Å². The van der Waals surface area contributed by atoms with E-state index in [1.165, 1.54) is 5.32 Å². The molecular formula is C4H9NO7S2. The van der Waals surface area contributed by atoms with E-state index in [-0.39, 0.29) is 0 Å². The lowest BCUT2D eigenvalue weighted by Gasteiger charge is -2.22. The molecule has 3 N–H and O–H groups in total. The SMILES string of the molecule is CC(=O)NC(C)(S(=O)(=O)O)S(=O)(=O)O. The molecule has 0 radical (unpaired) electrons. The van der Waals surface area contributed by atoms with Crippen LogP contribution in [0.1, 0.15) is 13.8 Å². The molecule has 14 heavy (non-hydrogen) atoms. The van der Waals surface area contributed by atoms with E-state index in [4.69, 9.17) is 9.11 Å². The predicted octanol–water partition coefficient (Wildman–Crippen LogP) is -1.43. The van der Waals surface area contributed by atoms with Crippen LogP contribution in [0, 0.1) is 0 Å². The van der Waals surface area contributed by atoms with Gasteiger partial charge in [-0.2, -0.15) is 16.8 Å². The highest BCUT2D eigenvalue weighted by Crippen LogP contribution is 2.18. The van der Waals surface area contributed by atoms with E-state index in [1.807, 2.05) is 0 Å². The van der Waals surface area contributed by atoms with Crippen LogP contribution in [0.15, 0.2) is 0 Å². The normalized spacial score (nSPS) is 13.7. The van der Waals surface area contributed by atoms with Crippen molar-refractivity contribution in [2.45, 2.75) is 18.1 Å². The molecule has 0 rings (SSSR count). The molecule has 0 aliphatic heterocycles. The zero-order valence-corrected chi connectivity index (χ0v) is 8.89. The molecular weight excluding hydrogens is 238 g/mol. The Balaban J connectivity index is 5.66. The lowest BCUT2D eigenvalue weighted by Crippen LogP contribution is -2.56. The molecule has 0 saturated carbocycles. The molecule has 10 heteroatoms. The van der Waals surface area contributed by atoms with E-state index in [9.17, 15) is 21.6 Å². The van der Waals surface area contributed by atoms with E-state index >= 15 is 0 Å². The molecule has 0 aromatic heterocycles. The molecule has 0 aromatic rings. The van der Waals surface area contributed by atoms with Crippen LogP contribution in [0.5, 0.6) is 0 Å². The van der Waals surface area contributed by atoms with E-state index in [0.29, 0.717) is 6.92 Å². The van der Waals surface area contributed by atoms with Crippen LogP contribution in [0.4, 0.5) is 0 Å². The van der Waals surface area contributed by atoms with Gasteiger partial charge in [-0.3, -0.25) is 13.9 Å². The molecule has 0 fully saturated rings. The Kier molecular flexibility index (Phi) is 3.28. The van der Waals surface area contributed by atoms with Gasteiger partial charge in [-0.1, -0.05) is 0 Å². The van der Waals surface area contributed by atoms with Gasteiger partial charge in [0.25, 0.3) is 4.20 Å². The molecule has 0 bridgehead atoms. The minimum atomic E-state index is -5.19. The van der Waals surface area contributed by atoms with Gasteiger partial charge in [0.05, 0.1) is 0 Å². The van der Waals surface area contributed by atoms with Crippen LogP contribution in [0.25, 0.3) is 0 Å². The molecule has 0 aliphatic carbocycles. The summed E-state index contributed by atoms with van der Waals surface area (Å²) in [5.41, 5.74) is 0. The van der Waals surface area contributed by atoms with Gasteiger partial charge in [0.1, 0.15) is 0 Å². The predicted molar refractivity (Wildman–Crippen MR) is 45.3 cm³/mol. The second-order valence-corrected chi connectivity index (χ2v) is 6.37. The molecule has 1 amide bonds. The Bertz CT molecular complexity index is 400. The third-order valence-electron chi connectivity index (χ3n) is 1.39. The van der Waals surface area contributed by atoms with Gasteiger partial charge in [-0.25, -0.2) is 0 Å². The summed E-state index contributed by atoms with van der Waals surface area (Å²) in [4.78, 5) is 10.5. The van der Waals surface area contributed by atoms with Gasteiger partial charge in [0, 0.05) is 6.92 Å². The number of carbonyl (C=O) groups is 1. The fourth-order valence-corrected chi connectivity index (χ4v) is 2.19. The molecule has 0 aliphatic rings. The number of rotatable bonds is 3. The zero-order chi connectivity index (χ0) is 11.8. The summed E-state index contributed by atoms with van der Waals surface area (Å²) < 4.78 is 56.5. The maximum absolute atomic E-state index is 10.6. The molecule has 84 valence electrons. The van der Waals surface area contributed by atoms with Crippen molar-refractivity contribution in [1.29, 1.82) is 0 Å². The van der Waals surface area contributed by atoms with Crippen molar-refractivity contribution in [2.75, 3.05) is 0 Å². The number of hydrogen-bond donors (Lipinski definition) is 3. The van der Waals surface area contributed by atoms with Crippen LogP contribution >= 0.6 is 0 Å². The minimum Gasteiger partial charge on any atom is -0.321 e. The monoisotopic (exact) mass is 247 g/mol. The Morgan fingerprint density at radius 3 is 1.50 bits per heavy atom.